The van der Waals surface area contributed by atoms with Crippen LogP contribution < -0.4 is 10.2 Å². The summed E-state index contributed by atoms with van der Waals surface area (Å²) in [6.45, 7) is 0.645. The fourth-order valence-corrected chi connectivity index (χ4v) is 4.18. The molecule has 0 spiro atoms. The minimum absolute atomic E-state index is 0.0238. The zero-order valence-electron chi connectivity index (χ0n) is 18.2. The number of nitrogens with one attached hydrogen (secondary N) is 1. The molecule has 0 bridgehead atoms. The Morgan fingerprint density at radius 2 is 1.66 bits per heavy atom. The number of fused-ring (bicyclic) bond motifs is 1. The van der Waals surface area contributed by atoms with E-state index in [2.05, 4.69) is 30.4 Å². The van der Waals surface area contributed by atoms with E-state index >= 15 is 0 Å². The zero-order chi connectivity index (χ0) is 22.7. The van der Waals surface area contributed by atoms with Crippen LogP contribution in [0.15, 0.2) is 72.8 Å². The Morgan fingerprint density at radius 1 is 0.969 bits per heavy atom. The highest BCUT2D eigenvalue weighted by atomic mass is 19.1. The molecule has 32 heavy (non-hydrogen) atoms. The molecule has 1 N–H and O–H groups in total. The summed E-state index contributed by atoms with van der Waals surface area (Å²) in [5, 5.41) is 2.68. The molecule has 0 aromatic heterocycles. The van der Waals surface area contributed by atoms with Gasteiger partial charge in [-0.1, -0.05) is 30.3 Å². The third kappa shape index (κ3) is 4.41. The van der Waals surface area contributed by atoms with E-state index in [1.807, 2.05) is 23.1 Å². The van der Waals surface area contributed by atoms with Crippen molar-refractivity contribution in [3.05, 3.63) is 95.3 Å². The molecule has 0 aliphatic carbocycles. The van der Waals surface area contributed by atoms with Crippen LogP contribution in [0, 0.1) is 5.82 Å². The van der Waals surface area contributed by atoms with Gasteiger partial charge in [-0.05, 0) is 75.0 Å². The normalized spacial score (nSPS) is 15.8. The lowest BCUT2D eigenvalue weighted by Gasteiger charge is -2.27. The van der Waals surface area contributed by atoms with Gasteiger partial charge in [0.2, 0.25) is 0 Å². The number of halogens is 1. The summed E-state index contributed by atoms with van der Waals surface area (Å²) >= 11 is 0. The Bertz CT molecular complexity index is 1130. The maximum atomic E-state index is 13.8. The largest absolute Gasteiger partial charge is 0.322 e. The number of carbonyl (C=O) groups is 2. The maximum absolute atomic E-state index is 13.8. The molecule has 6 heteroatoms. The van der Waals surface area contributed by atoms with E-state index in [-0.39, 0.29) is 17.5 Å². The summed E-state index contributed by atoms with van der Waals surface area (Å²) in [5.74, 6) is -1.19. The number of benzene rings is 3. The number of amides is 2. The van der Waals surface area contributed by atoms with E-state index in [1.165, 1.54) is 18.2 Å². The Labute approximate surface area is 187 Å². The fourth-order valence-electron chi connectivity index (χ4n) is 4.18. The van der Waals surface area contributed by atoms with Gasteiger partial charge in [-0.25, -0.2) is 4.39 Å². The van der Waals surface area contributed by atoms with Crippen LogP contribution in [-0.4, -0.2) is 37.4 Å². The molecule has 0 radical (unpaired) electrons. The van der Waals surface area contributed by atoms with Crippen LogP contribution in [0.2, 0.25) is 0 Å². The van der Waals surface area contributed by atoms with E-state index in [4.69, 9.17) is 0 Å². The van der Waals surface area contributed by atoms with Gasteiger partial charge >= 0.3 is 0 Å². The summed E-state index contributed by atoms with van der Waals surface area (Å²) in [4.78, 5) is 29.7. The molecule has 164 valence electrons. The van der Waals surface area contributed by atoms with Gasteiger partial charge in [0, 0.05) is 29.5 Å². The van der Waals surface area contributed by atoms with Crippen molar-refractivity contribution >= 4 is 23.2 Å². The second-order valence-electron chi connectivity index (χ2n) is 8.15. The molecule has 4 rings (SSSR count). The third-order valence-electron chi connectivity index (χ3n) is 5.82. The predicted octanol–water partition coefficient (Wildman–Crippen LogP) is 5.12. The van der Waals surface area contributed by atoms with Crippen LogP contribution in [0.5, 0.6) is 0 Å². The highest BCUT2D eigenvalue weighted by molar-refractivity contribution is 6.07. The van der Waals surface area contributed by atoms with Crippen molar-refractivity contribution in [2.45, 2.75) is 18.9 Å². The molecule has 0 saturated carbocycles. The summed E-state index contributed by atoms with van der Waals surface area (Å²) in [7, 11) is 4.13. The Balaban J connectivity index is 1.54. The fraction of sp³-hybridized carbons (Fsp3) is 0.231. The smallest absolute Gasteiger partial charge is 0.258 e. The zero-order valence-corrected chi connectivity index (χ0v) is 18.2. The van der Waals surface area contributed by atoms with E-state index < -0.39 is 11.7 Å². The monoisotopic (exact) mass is 431 g/mol. The average Bonchev–Trinajstić information content (AvgIpc) is 2.99. The SMILES string of the molecule is CN(C)C1CCCN(C(=O)c2ccc(NC(=O)c3ccccc3F)cc2)c2ccccc21. The quantitative estimate of drug-likeness (QED) is 0.624. The van der Waals surface area contributed by atoms with Crippen molar-refractivity contribution in [3.63, 3.8) is 0 Å². The Hall–Kier alpha value is -3.51. The molecule has 1 atom stereocenters. The van der Waals surface area contributed by atoms with Crippen LogP contribution in [0.1, 0.15) is 45.2 Å². The minimum Gasteiger partial charge on any atom is -0.322 e. The first-order valence-corrected chi connectivity index (χ1v) is 10.7. The van der Waals surface area contributed by atoms with Crippen LogP contribution in [0.25, 0.3) is 0 Å². The average molecular weight is 432 g/mol. The molecule has 2 amide bonds. The summed E-state index contributed by atoms with van der Waals surface area (Å²) in [5.41, 5.74) is 3.10. The van der Waals surface area contributed by atoms with Gasteiger partial charge < -0.3 is 15.1 Å². The van der Waals surface area contributed by atoms with Gasteiger partial charge in [-0.15, -0.1) is 0 Å². The Kier molecular flexibility index (Phi) is 6.32. The molecule has 1 heterocycles. The second-order valence-corrected chi connectivity index (χ2v) is 8.15. The summed E-state index contributed by atoms with van der Waals surface area (Å²) < 4.78 is 13.8. The van der Waals surface area contributed by atoms with Gasteiger partial charge in [0.05, 0.1) is 5.56 Å². The van der Waals surface area contributed by atoms with E-state index in [0.29, 0.717) is 17.8 Å². The molecule has 3 aromatic carbocycles. The van der Waals surface area contributed by atoms with E-state index in [1.54, 1.807) is 30.3 Å². The van der Waals surface area contributed by atoms with E-state index in [0.717, 1.165) is 24.1 Å². The lowest BCUT2D eigenvalue weighted by atomic mass is 10.0. The van der Waals surface area contributed by atoms with Crippen molar-refractivity contribution in [2.24, 2.45) is 0 Å². The van der Waals surface area contributed by atoms with Gasteiger partial charge in [0.25, 0.3) is 11.8 Å². The van der Waals surface area contributed by atoms with E-state index in [9.17, 15) is 14.0 Å². The minimum atomic E-state index is -0.576. The number of para-hydroxylation sites is 1. The predicted molar refractivity (Wildman–Crippen MR) is 125 cm³/mol. The summed E-state index contributed by atoms with van der Waals surface area (Å²) in [6, 6.07) is 20.9. The highest BCUT2D eigenvalue weighted by Crippen LogP contribution is 2.36. The molecular formula is C26H26FN3O2. The third-order valence-corrected chi connectivity index (χ3v) is 5.82. The van der Waals surface area contributed by atoms with Gasteiger partial charge in [-0.2, -0.15) is 0 Å². The lowest BCUT2D eigenvalue weighted by molar-refractivity contribution is 0.0985. The van der Waals surface area contributed by atoms with Crippen molar-refractivity contribution in [1.29, 1.82) is 0 Å². The van der Waals surface area contributed by atoms with Crippen LogP contribution in [0.3, 0.4) is 0 Å². The van der Waals surface area contributed by atoms with Crippen LogP contribution in [-0.2, 0) is 0 Å². The number of carbonyl (C=O) groups excluding carboxylic acids is 2. The maximum Gasteiger partial charge on any atom is 0.258 e. The van der Waals surface area contributed by atoms with Crippen molar-refractivity contribution in [1.82, 2.24) is 4.90 Å². The van der Waals surface area contributed by atoms with Crippen molar-refractivity contribution in [2.75, 3.05) is 30.9 Å². The number of anilines is 2. The summed E-state index contributed by atoms with van der Waals surface area (Å²) in [6.07, 6.45) is 1.88. The molecule has 1 aliphatic heterocycles. The van der Waals surface area contributed by atoms with Crippen molar-refractivity contribution in [3.8, 4) is 0 Å². The topological polar surface area (TPSA) is 52.6 Å². The first-order valence-electron chi connectivity index (χ1n) is 10.7. The molecule has 0 fully saturated rings. The van der Waals surface area contributed by atoms with Crippen LogP contribution in [0.4, 0.5) is 15.8 Å². The first-order chi connectivity index (χ1) is 15.5. The van der Waals surface area contributed by atoms with Gasteiger partial charge in [-0.3, -0.25) is 9.59 Å². The second kappa shape index (κ2) is 9.32. The molecule has 0 saturated heterocycles. The van der Waals surface area contributed by atoms with Crippen molar-refractivity contribution < 1.29 is 14.0 Å². The molecule has 5 nitrogen and oxygen atoms in total. The molecular weight excluding hydrogens is 405 g/mol. The number of nitrogens with zero attached hydrogens (tertiary/aromatic N) is 2. The number of hydrogen-bond donors (Lipinski definition) is 1. The molecule has 3 aromatic rings. The Morgan fingerprint density at radius 3 is 2.38 bits per heavy atom. The lowest BCUT2D eigenvalue weighted by Crippen LogP contribution is -2.31. The first kappa shape index (κ1) is 21.7. The van der Waals surface area contributed by atoms with Gasteiger partial charge in [0.15, 0.2) is 0 Å². The van der Waals surface area contributed by atoms with Crippen LogP contribution >= 0.6 is 0 Å². The number of hydrogen-bond acceptors (Lipinski definition) is 3. The molecule has 1 unspecified atom stereocenters. The molecule has 1 aliphatic rings. The number of rotatable bonds is 4. The standard InChI is InChI=1S/C26H26FN3O2/c1-29(2)23-12-7-17-30(24-11-6-4-9-21(23)24)26(32)18-13-15-19(16-14-18)28-25(31)20-8-3-5-10-22(20)27/h3-6,8-11,13-16,23H,7,12,17H2,1-2H3,(H,28,31). The van der Waals surface area contributed by atoms with Gasteiger partial charge in [0.1, 0.15) is 5.82 Å². The highest BCUT2D eigenvalue weighted by Gasteiger charge is 2.27.